The molecule has 0 saturated carbocycles. The summed E-state index contributed by atoms with van der Waals surface area (Å²) >= 11 is 0. The number of nitrogens with one attached hydrogen (secondary N) is 2. The first-order valence-corrected chi connectivity index (χ1v) is 10.2. The molecule has 3 heterocycles. The smallest absolute Gasteiger partial charge is 0.247 e. The first kappa shape index (κ1) is 19.2. The van der Waals surface area contributed by atoms with Crippen LogP contribution >= 0.6 is 0 Å². The lowest BCUT2D eigenvalue weighted by atomic mass is 10.1. The summed E-state index contributed by atoms with van der Waals surface area (Å²) in [7, 11) is 1.90. The maximum atomic E-state index is 5.74. The highest BCUT2D eigenvalue weighted by atomic mass is 16.6. The molecule has 2 aromatic carbocycles. The van der Waals surface area contributed by atoms with Gasteiger partial charge in [-0.25, -0.2) is 4.52 Å². The van der Waals surface area contributed by atoms with Gasteiger partial charge in [-0.15, -0.1) is 5.10 Å². The first-order valence-electron chi connectivity index (χ1n) is 10.2. The van der Waals surface area contributed by atoms with Gasteiger partial charge in [-0.3, -0.25) is 0 Å². The molecule has 0 amide bonds. The molecule has 2 N–H and O–H groups in total. The second-order valence-corrected chi connectivity index (χ2v) is 7.08. The van der Waals surface area contributed by atoms with Gasteiger partial charge < -0.3 is 24.8 Å². The van der Waals surface area contributed by atoms with Crippen LogP contribution in [-0.4, -0.2) is 48.0 Å². The Bertz CT molecular complexity index is 1210. The van der Waals surface area contributed by atoms with Crippen LogP contribution in [0.15, 0.2) is 60.7 Å². The van der Waals surface area contributed by atoms with Gasteiger partial charge in [0, 0.05) is 23.9 Å². The van der Waals surface area contributed by atoms with E-state index in [1.54, 1.807) is 0 Å². The second-order valence-electron chi connectivity index (χ2n) is 7.08. The van der Waals surface area contributed by atoms with Crippen molar-refractivity contribution in [3.8, 4) is 28.5 Å². The van der Waals surface area contributed by atoms with Gasteiger partial charge in [0.1, 0.15) is 25.6 Å². The summed E-state index contributed by atoms with van der Waals surface area (Å²) in [6, 6.07) is 19.6. The largest absolute Gasteiger partial charge is 0.492 e. The van der Waals surface area contributed by atoms with Crippen LogP contribution in [0, 0.1) is 0 Å². The molecule has 0 spiro atoms. The number of hydrogen-bond donors (Lipinski definition) is 2. The third-order valence-electron chi connectivity index (χ3n) is 4.91. The lowest BCUT2D eigenvalue weighted by Crippen LogP contribution is -2.15. The van der Waals surface area contributed by atoms with Gasteiger partial charge >= 0.3 is 0 Å². The Balaban J connectivity index is 1.42. The molecule has 8 heteroatoms. The minimum absolute atomic E-state index is 0.511. The SMILES string of the molecule is CNCCOc1cccc(Nc2nc3cccc(-c4ccc5c(c4)OCCO5)n3n2)c1. The quantitative estimate of drug-likeness (QED) is 0.445. The molecule has 1 aliphatic heterocycles. The van der Waals surface area contributed by atoms with Crippen molar-refractivity contribution in [1.29, 1.82) is 0 Å². The van der Waals surface area contributed by atoms with E-state index in [4.69, 9.17) is 14.2 Å². The van der Waals surface area contributed by atoms with Crippen LogP contribution in [-0.2, 0) is 0 Å². The molecule has 0 radical (unpaired) electrons. The topological polar surface area (TPSA) is 81.9 Å². The Morgan fingerprint density at radius 1 is 1.00 bits per heavy atom. The van der Waals surface area contributed by atoms with Gasteiger partial charge in [0.2, 0.25) is 5.95 Å². The summed E-state index contributed by atoms with van der Waals surface area (Å²) in [5, 5.41) is 11.0. The minimum Gasteiger partial charge on any atom is -0.492 e. The summed E-state index contributed by atoms with van der Waals surface area (Å²) in [5.74, 6) is 2.81. The van der Waals surface area contributed by atoms with Gasteiger partial charge in [-0.1, -0.05) is 12.1 Å². The molecule has 5 rings (SSSR count). The zero-order valence-corrected chi connectivity index (χ0v) is 17.2. The second kappa shape index (κ2) is 8.53. The van der Waals surface area contributed by atoms with Crippen LogP contribution in [0.2, 0.25) is 0 Å². The van der Waals surface area contributed by atoms with Crippen molar-refractivity contribution in [2.45, 2.75) is 0 Å². The van der Waals surface area contributed by atoms with Gasteiger partial charge in [-0.05, 0) is 49.5 Å². The van der Waals surface area contributed by atoms with E-state index in [9.17, 15) is 0 Å². The van der Waals surface area contributed by atoms with Gasteiger partial charge in [-0.2, -0.15) is 4.98 Å². The average Bonchev–Trinajstić information content (AvgIpc) is 3.21. The third-order valence-corrected chi connectivity index (χ3v) is 4.91. The van der Waals surface area contributed by atoms with Gasteiger partial charge in [0.05, 0.1) is 5.69 Å². The zero-order valence-electron chi connectivity index (χ0n) is 17.2. The third kappa shape index (κ3) is 4.10. The standard InChI is InChI=1S/C23H23N5O3/c1-24-10-11-29-18-5-2-4-17(15-18)25-23-26-22-7-3-6-19(28(22)27-23)16-8-9-20-21(14-16)31-13-12-30-20/h2-9,14-15,24H,10-13H2,1H3,(H,25,27). The molecule has 31 heavy (non-hydrogen) atoms. The van der Waals surface area contributed by atoms with E-state index in [0.29, 0.717) is 25.8 Å². The van der Waals surface area contributed by atoms with Crippen LogP contribution in [0.5, 0.6) is 17.2 Å². The zero-order chi connectivity index (χ0) is 21.0. The number of ether oxygens (including phenoxy) is 3. The van der Waals surface area contributed by atoms with Crippen LogP contribution < -0.4 is 24.8 Å². The molecular weight excluding hydrogens is 394 g/mol. The number of fused-ring (bicyclic) bond motifs is 2. The molecule has 1 aliphatic rings. The van der Waals surface area contributed by atoms with Crippen molar-refractivity contribution in [2.75, 3.05) is 38.7 Å². The number of anilines is 2. The Morgan fingerprint density at radius 3 is 2.77 bits per heavy atom. The molecule has 0 unspecified atom stereocenters. The van der Waals surface area contributed by atoms with E-state index in [0.717, 1.165) is 46.4 Å². The fraction of sp³-hybridized carbons (Fsp3) is 0.217. The molecule has 4 aromatic rings. The van der Waals surface area contributed by atoms with Crippen molar-refractivity contribution >= 4 is 17.3 Å². The van der Waals surface area contributed by atoms with E-state index in [1.807, 2.05) is 72.2 Å². The van der Waals surface area contributed by atoms with Crippen molar-refractivity contribution in [3.63, 3.8) is 0 Å². The first-order chi connectivity index (χ1) is 15.3. The molecule has 0 aliphatic carbocycles. The molecule has 0 saturated heterocycles. The van der Waals surface area contributed by atoms with Crippen LogP contribution in [0.4, 0.5) is 11.6 Å². The van der Waals surface area contributed by atoms with Gasteiger partial charge in [0.25, 0.3) is 0 Å². The normalized spacial score (nSPS) is 12.7. The van der Waals surface area contributed by atoms with Crippen LogP contribution in [0.3, 0.4) is 0 Å². The van der Waals surface area contributed by atoms with Crippen molar-refractivity contribution in [3.05, 3.63) is 60.7 Å². The molecular formula is C23H23N5O3. The molecule has 0 bridgehead atoms. The molecule has 0 fully saturated rings. The Labute approximate surface area is 179 Å². The monoisotopic (exact) mass is 417 g/mol. The molecule has 2 aromatic heterocycles. The molecule has 0 atom stereocenters. The average molecular weight is 417 g/mol. The van der Waals surface area contributed by atoms with Crippen molar-refractivity contribution in [1.82, 2.24) is 19.9 Å². The Hall–Kier alpha value is -3.78. The summed E-state index contributed by atoms with van der Waals surface area (Å²) in [6.45, 7) is 2.51. The summed E-state index contributed by atoms with van der Waals surface area (Å²) < 4.78 is 18.9. The number of nitrogens with zero attached hydrogens (tertiary/aromatic N) is 3. The Kier molecular flexibility index (Phi) is 5.28. The van der Waals surface area contributed by atoms with E-state index < -0.39 is 0 Å². The van der Waals surface area contributed by atoms with Gasteiger partial charge in [0.15, 0.2) is 17.1 Å². The van der Waals surface area contributed by atoms with Crippen molar-refractivity contribution < 1.29 is 14.2 Å². The maximum Gasteiger partial charge on any atom is 0.247 e. The minimum atomic E-state index is 0.511. The maximum absolute atomic E-state index is 5.74. The highest BCUT2D eigenvalue weighted by Gasteiger charge is 2.15. The number of pyridine rings is 1. The highest BCUT2D eigenvalue weighted by Crippen LogP contribution is 2.34. The molecule has 8 nitrogen and oxygen atoms in total. The number of hydrogen-bond acceptors (Lipinski definition) is 7. The fourth-order valence-corrected chi connectivity index (χ4v) is 3.44. The lowest BCUT2D eigenvalue weighted by molar-refractivity contribution is 0.171. The van der Waals surface area contributed by atoms with Crippen LogP contribution in [0.1, 0.15) is 0 Å². The summed E-state index contributed by atoms with van der Waals surface area (Å²) in [6.07, 6.45) is 0. The van der Waals surface area contributed by atoms with E-state index in [-0.39, 0.29) is 0 Å². The van der Waals surface area contributed by atoms with Crippen molar-refractivity contribution in [2.24, 2.45) is 0 Å². The number of likely N-dealkylation sites (N-methyl/N-ethyl adjacent to an activating group) is 1. The summed E-state index contributed by atoms with van der Waals surface area (Å²) in [4.78, 5) is 4.62. The predicted octanol–water partition coefficient (Wildman–Crippen LogP) is 3.51. The van der Waals surface area contributed by atoms with E-state index in [1.165, 1.54) is 0 Å². The number of rotatable bonds is 7. The predicted molar refractivity (Wildman–Crippen MR) is 119 cm³/mol. The van der Waals surface area contributed by atoms with E-state index in [2.05, 4.69) is 20.7 Å². The molecule has 158 valence electrons. The highest BCUT2D eigenvalue weighted by molar-refractivity contribution is 5.68. The number of benzene rings is 2. The fourth-order valence-electron chi connectivity index (χ4n) is 3.44. The lowest BCUT2D eigenvalue weighted by Gasteiger charge is -2.19. The summed E-state index contributed by atoms with van der Waals surface area (Å²) in [5.41, 5.74) is 3.50. The number of aromatic nitrogens is 3. The van der Waals surface area contributed by atoms with Crippen LogP contribution in [0.25, 0.3) is 16.9 Å². The Morgan fingerprint density at radius 2 is 1.87 bits per heavy atom. The van der Waals surface area contributed by atoms with E-state index >= 15 is 0 Å².